The first-order chi connectivity index (χ1) is 15.2. The molecule has 0 spiro atoms. The third kappa shape index (κ3) is 5.74. The number of halogens is 1. The Kier molecular flexibility index (Phi) is 7.74. The number of fused-ring (bicyclic) bond motifs is 1. The SMILES string of the molecule is CN=C(NCCc1cc(F)cc2c1OCOC2)NCC(c1cccs1)N1CCOCC1. The number of benzene rings is 1. The molecule has 9 heteroatoms. The summed E-state index contributed by atoms with van der Waals surface area (Å²) in [6.07, 6.45) is 0.624. The highest BCUT2D eigenvalue weighted by molar-refractivity contribution is 7.10. The molecule has 1 fully saturated rings. The molecule has 0 saturated carbocycles. The van der Waals surface area contributed by atoms with Gasteiger partial charge in [0.1, 0.15) is 11.6 Å². The van der Waals surface area contributed by atoms with Gasteiger partial charge in [-0.2, -0.15) is 0 Å². The second-order valence-corrected chi connectivity index (χ2v) is 8.45. The third-order valence-corrected chi connectivity index (χ3v) is 6.46. The number of aliphatic imine (C=N–C) groups is 1. The number of hydrogen-bond donors (Lipinski definition) is 2. The van der Waals surface area contributed by atoms with Crippen LogP contribution in [-0.4, -0.2) is 64.1 Å². The summed E-state index contributed by atoms with van der Waals surface area (Å²) in [5.41, 5.74) is 1.60. The van der Waals surface area contributed by atoms with E-state index < -0.39 is 0 Å². The number of nitrogens with zero attached hydrogens (tertiary/aromatic N) is 2. The van der Waals surface area contributed by atoms with E-state index >= 15 is 0 Å². The number of ether oxygens (including phenoxy) is 3. The molecular weight excluding hydrogens is 419 g/mol. The van der Waals surface area contributed by atoms with Crippen LogP contribution in [0.4, 0.5) is 4.39 Å². The van der Waals surface area contributed by atoms with Crippen LogP contribution in [0.25, 0.3) is 0 Å². The Bertz CT molecular complexity index is 872. The van der Waals surface area contributed by atoms with Crippen molar-refractivity contribution < 1.29 is 18.6 Å². The van der Waals surface area contributed by atoms with Gasteiger partial charge in [0.25, 0.3) is 0 Å². The van der Waals surface area contributed by atoms with Crippen LogP contribution in [0, 0.1) is 5.82 Å². The van der Waals surface area contributed by atoms with Gasteiger partial charge >= 0.3 is 0 Å². The average molecular weight is 449 g/mol. The third-order valence-electron chi connectivity index (χ3n) is 5.48. The fourth-order valence-electron chi connectivity index (χ4n) is 3.95. The molecule has 2 aliphatic rings. The van der Waals surface area contributed by atoms with Gasteiger partial charge in [-0.1, -0.05) is 6.07 Å². The van der Waals surface area contributed by atoms with Crippen molar-refractivity contribution in [3.05, 3.63) is 51.5 Å². The van der Waals surface area contributed by atoms with Gasteiger partial charge in [0.2, 0.25) is 0 Å². The fourth-order valence-corrected chi connectivity index (χ4v) is 4.81. The summed E-state index contributed by atoms with van der Waals surface area (Å²) in [5.74, 6) is 1.20. The molecular formula is C22H29FN4O3S. The largest absolute Gasteiger partial charge is 0.467 e. The van der Waals surface area contributed by atoms with Crippen molar-refractivity contribution in [3.63, 3.8) is 0 Å². The van der Waals surface area contributed by atoms with Crippen LogP contribution in [0.1, 0.15) is 22.0 Å². The summed E-state index contributed by atoms with van der Waals surface area (Å²) in [7, 11) is 1.76. The second kappa shape index (κ2) is 10.9. The van der Waals surface area contributed by atoms with Crippen molar-refractivity contribution >= 4 is 17.3 Å². The molecule has 2 N–H and O–H groups in total. The molecule has 2 aliphatic heterocycles. The lowest BCUT2D eigenvalue weighted by Gasteiger charge is -2.34. The standard InChI is InChI=1S/C22H29FN4O3S/c1-24-22(25-5-4-16-11-18(23)12-17-14-29-15-30-21(16)17)26-13-19(20-3-2-10-31-20)27-6-8-28-9-7-27/h2-3,10-12,19H,4-9,13-15H2,1H3,(H2,24,25,26). The average Bonchev–Trinajstić information content (AvgIpc) is 3.33. The highest BCUT2D eigenvalue weighted by atomic mass is 32.1. The molecule has 3 heterocycles. The van der Waals surface area contributed by atoms with Gasteiger partial charge in [-0.05, 0) is 35.6 Å². The van der Waals surface area contributed by atoms with Crippen LogP contribution >= 0.6 is 11.3 Å². The highest BCUT2D eigenvalue weighted by Crippen LogP contribution is 2.29. The van der Waals surface area contributed by atoms with Gasteiger partial charge in [0.15, 0.2) is 12.8 Å². The summed E-state index contributed by atoms with van der Waals surface area (Å²) in [4.78, 5) is 8.13. The Hall–Kier alpha value is -2.20. The maximum absolute atomic E-state index is 13.9. The fraction of sp³-hybridized carbons (Fsp3) is 0.500. The van der Waals surface area contributed by atoms with Gasteiger partial charge in [0.05, 0.1) is 25.9 Å². The van der Waals surface area contributed by atoms with E-state index in [1.807, 2.05) is 0 Å². The number of hydrogen-bond acceptors (Lipinski definition) is 6. The lowest BCUT2D eigenvalue weighted by molar-refractivity contribution is -0.0172. The minimum absolute atomic E-state index is 0.202. The van der Waals surface area contributed by atoms with Crippen LogP contribution in [0.5, 0.6) is 5.75 Å². The number of rotatable bonds is 7. The molecule has 31 heavy (non-hydrogen) atoms. The number of morpholine rings is 1. The predicted octanol–water partition coefficient (Wildman–Crippen LogP) is 2.53. The molecule has 1 saturated heterocycles. The Morgan fingerprint density at radius 3 is 2.90 bits per heavy atom. The van der Waals surface area contributed by atoms with Crippen LogP contribution < -0.4 is 15.4 Å². The van der Waals surface area contributed by atoms with E-state index in [0.717, 1.165) is 55.7 Å². The number of thiophene rings is 1. The summed E-state index contributed by atoms with van der Waals surface area (Å²) in [5, 5.41) is 8.90. The van der Waals surface area contributed by atoms with E-state index in [4.69, 9.17) is 14.2 Å². The van der Waals surface area contributed by atoms with E-state index in [1.165, 1.54) is 17.0 Å². The van der Waals surface area contributed by atoms with E-state index in [2.05, 4.69) is 38.0 Å². The lowest BCUT2D eigenvalue weighted by atomic mass is 10.1. The summed E-state index contributed by atoms with van der Waals surface area (Å²) in [6, 6.07) is 7.55. The first-order valence-corrected chi connectivity index (χ1v) is 11.4. The monoisotopic (exact) mass is 448 g/mol. The first-order valence-electron chi connectivity index (χ1n) is 10.6. The molecule has 1 aromatic heterocycles. The first kappa shape index (κ1) is 22.0. The molecule has 0 radical (unpaired) electrons. The van der Waals surface area contributed by atoms with Crippen LogP contribution in [-0.2, 0) is 22.5 Å². The Labute approximate surface area is 186 Å². The van der Waals surface area contributed by atoms with E-state index in [9.17, 15) is 4.39 Å². The minimum Gasteiger partial charge on any atom is -0.467 e. The molecule has 0 bridgehead atoms. The molecule has 2 aromatic rings. The molecule has 7 nitrogen and oxygen atoms in total. The van der Waals surface area contributed by atoms with Crippen molar-refractivity contribution in [1.29, 1.82) is 0 Å². The summed E-state index contributed by atoms with van der Waals surface area (Å²) >= 11 is 1.77. The Morgan fingerprint density at radius 2 is 2.13 bits per heavy atom. The summed E-state index contributed by atoms with van der Waals surface area (Å²) in [6.45, 7) is 5.31. The Morgan fingerprint density at radius 1 is 1.26 bits per heavy atom. The Balaban J connectivity index is 1.33. The van der Waals surface area contributed by atoms with E-state index in [1.54, 1.807) is 18.4 Å². The van der Waals surface area contributed by atoms with Crippen molar-refractivity contribution in [3.8, 4) is 5.75 Å². The highest BCUT2D eigenvalue weighted by Gasteiger charge is 2.23. The normalized spacial score (nSPS) is 18.2. The van der Waals surface area contributed by atoms with Crippen LogP contribution in [0.15, 0.2) is 34.6 Å². The summed E-state index contributed by atoms with van der Waals surface area (Å²) < 4.78 is 30.3. The molecule has 4 rings (SSSR count). The van der Waals surface area contributed by atoms with Gasteiger partial charge in [0, 0.05) is 43.7 Å². The zero-order chi connectivity index (χ0) is 21.5. The minimum atomic E-state index is -0.269. The smallest absolute Gasteiger partial charge is 0.191 e. The zero-order valence-corrected chi connectivity index (χ0v) is 18.5. The lowest BCUT2D eigenvalue weighted by Crippen LogP contribution is -2.46. The second-order valence-electron chi connectivity index (χ2n) is 7.47. The van der Waals surface area contributed by atoms with Crippen molar-refractivity contribution in [1.82, 2.24) is 15.5 Å². The molecule has 1 atom stereocenters. The van der Waals surface area contributed by atoms with Crippen LogP contribution in [0.3, 0.4) is 0 Å². The molecule has 1 unspecified atom stereocenters. The van der Waals surface area contributed by atoms with Gasteiger partial charge in [-0.15, -0.1) is 11.3 Å². The molecule has 168 valence electrons. The maximum Gasteiger partial charge on any atom is 0.191 e. The van der Waals surface area contributed by atoms with Gasteiger partial charge in [-0.25, -0.2) is 4.39 Å². The number of guanidine groups is 1. The predicted molar refractivity (Wildman–Crippen MR) is 119 cm³/mol. The molecule has 1 aromatic carbocycles. The van der Waals surface area contributed by atoms with Gasteiger partial charge < -0.3 is 24.8 Å². The van der Waals surface area contributed by atoms with Crippen molar-refractivity contribution in [2.24, 2.45) is 4.99 Å². The van der Waals surface area contributed by atoms with Crippen LogP contribution in [0.2, 0.25) is 0 Å². The van der Waals surface area contributed by atoms with Crippen molar-refractivity contribution in [2.45, 2.75) is 19.1 Å². The number of nitrogens with one attached hydrogen (secondary N) is 2. The topological polar surface area (TPSA) is 67.4 Å². The van der Waals surface area contributed by atoms with E-state index in [0.29, 0.717) is 19.6 Å². The molecule has 0 aliphatic carbocycles. The quantitative estimate of drug-likeness (QED) is 0.501. The van der Waals surface area contributed by atoms with E-state index in [-0.39, 0.29) is 18.7 Å². The molecule has 0 amide bonds. The van der Waals surface area contributed by atoms with Gasteiger partial charge in [-0.3, -0.25) is 9.89 Å². The zero-order valence-electron chi connectivity index (χ0n) is 17.7. The van der Waals surface area contributed by atoms with Crippen molar-refractivity contribution in [2.75, 3.05) is 53.2 Å². The maximum atomic E-state index is 13.9.